The van der Waals surface area contributed by atoms with Gasteiger partial charge in [0.15, 0.2) is 0 Å². The smallest absolute Gasteiger partial charge is 0.306 e. The topological polar surface area (TPSA) is 35.5 Å². The number of carbonyl (C=O) groups excluding carboxylic acids is 1. The van der Waals surface area contributed by atoms with Crippen molar-refractivity contribution >= 4 is 16.7 Å². The van der Waals surface area contributed by atoms with Crippen molar-refractivity contribution in [3.05, 3.63) is 101 Å². The molecule has 1 atom stereocenters. The van der Waals surface area contributed by atoms with Crippen LogP contribution in [0.25, 0.3) is 21.9 Å². The van der Waals surface area contributed by atoms with Crippen LogP contribution in [0.3, 0.4) is 0 Å². The van der Waals surface area contributed by atoms with E-state index in [0.717, 1.165) is 35.1 Å². The molecular formula is C30H27FO3. The molecule has 4 heteroatoms. The highest BCUT2D eigenvalue weighted by molar-refractivity contribution is 5.88. The predicted octanol–water partition coefficient (Wildman–Crippen LogP) is 7.21. The van der Waals surface area contributed by atoms with Crippen molar-refractivity contribution in [2.45, 2.75) is 38.7 Å². The van der Waals surface area contributed by atoms with E-state index >= 15 is 0 Å². The summed E-state index contributed by atoms with van der Waals surface area (Å²) < 4.78 is 25.6. The molecule has 0 spiro atoms. The summed E-state index contributed by atoms with van der Waals surface area (Å²) in [5.74, 6) is 0.431. The van der Waals surface area contributed by atoms with Crippen LogP contribution < -0.4 is 4.74 Å². The Bertz CT molecular complexity index is 1340. The molecule has 0 radical (unpaired) electrons. The maximum Gasteiger partial charge on any atom is 0.306 e. The van der Waals surface area contributed by atoms with E-state index in [4.69, 9.17) is 9.47 Å². The van der Waals surface area contributed by atoms with Crippen LogP contribution in [-0.4, -0.2) is 12.6 Å². The van der Waals surface area contributed by atoms with Crippen LogP contribution in [-0.2, 0) is 22.6 Å². The van der Waals surface area contributed by atoms with E-state index in [-0.39, 0.29) is 24.3 Å². The minimum atomic E-state index is -0.273. The number of hydrogen-bond acceptors (Lipinski definition) is 3. The van der Waals surface area contributed by atoms with Crippen LogP contribution in [0.5, 0.6) is 5.75 Å². The van der Waals surface area contributed by atoms with Crippen LogP contribution in [0.4, 0.5) is 4.39 Å². The summed E-state index contributed by atoms with van der Waals surface area (Å²) >= 11 is 0. The number of halogens is 1. The second kappa shape index (κ2) is 9.68. The molecular weight excluding hydrogens is 427 g/mol. The highest BCUT2D eigenvalue weighted by Crippen LogP contribution is 2.43. The van der Waals surface area contributed by atoms with Crippen LogP contribution in [0.1, 0.15) is 42.4 Å². The summed E-state index contributed by atoms with van der Waals surface area (Å²) in [6.07, 6.45) is 2.17. The van der Waals surface area contributed by atoms with Crippen molar-refractivity contribution in [3.63, 3.8) is 0 Å². The Hall–Kier alpha value is -3.66. The van der Waals surface area contributed by atoms with Gasteiger partial charge in [-0.2, -0.15) is 0 Å². The molecule has 1 aliphatic carbocycles. The van der Waals surface area contributed by atoms with Crippen LogP contribution in [0, 0.1) is 5.82 Å². The van der Waals surface area contributed by atoms with Gasteiger partial charge in [0.05, 0.1) is 13.0 Å². The Morgan fingerprint density at radius 3 is 2.59 bits per heavy atom. The molecule has 0 fully saturated rings. The molecule has 0 bridgehead atoms. The zero-order chi connectivity index (χ0) is 23.5. The monoisotopic (exact) mass is 454 g/mol. The van der Waals surface area contributed by atoms with Gasteiger partial charge >= 0.3 is 5.97 Å². The highest BCUT2D eigenvalue weighted by Gasteiger charge is 2.27. The molecule has 34 heavy (non-hydrogen) atoms. The molecule has 5 rings (SSSR count). The summed E-state index contributed by atoms with van der Waals surface area (Å²) in [5, 5.41) is 2.31. The fourth-order valence-electron chi connectivity index (χ4n) is 4.83. The summed E-state index contributed by atoms with van der Waals surface area (Å²) in [7, 11) is 0. The third-order valence-corrected chi connectivity index (χ3v) is 6.56. The van der Waals surface area contributed by atoms with Crippen LogP contribution >= 0.6 is 0 Å². The van der Waals surface area contributed by atoms with Gasteiger partial charge in [-0.15, -0.1) is 0 Å². The second-order valence-corrected chi connectivity index (χ2v) is 8.73. The Kier molecular flexibility index (Phi) is 6.31. The van der Waals surface area contributed by atoms with Crippen molar-refractivity contribution in [2.75, 3.05) is 6.61 Å². The van der Waals surface area contributed by atoms with Gasteiger partial charge in [0.2, 0.25) is 0 Å². The van der Waals surface area contributed by atoms with Crippen molar-refractivity contribution in [2.24, 2.45) is 0 Å². The highest BCUT2D eigenvalue weighted by atomic mass is 19.1. The number of rotatable bonds is 7. The van der Waals surface area contributed by atoms with Crippen molar-refractivity contribution in [3.8, 4) is 16.9 Å². The molecule has 172 valence electrons. The normalized spacial score (nSPS) is 14.7. The zero-order valence-electron chi connectivity index (χ0n) is 19.2. The lowest BCUT2D eigenvalue weighted by Gasteiger charge is -2.17. The van der Waals surface area contributed by atoms with Gasteiger partial charge in [-0.3, -0.25) is 4.79 Å². The molecule has 0 saturated heterocycles. The lowest BCUT2D eigenvalue weighted by Crippen LogP contribution is -2.09. The number of esters is 1. The maximum absolute atomic E-state index is 14.2. The average Bonchev–Trinajstić information content (AvgIpc) is 3.24. The molecule has 0 N–H and O–H groups in total. The zero-order valence-corrected chi connectivity index (χ0v) is 19.2. The van der Waals surface area contributed by atoms with Crippen LogP contribution in [0.15, 0.2) is 78.9 Å². The first kappa shape index (κ1) is 22.1. The van der Waals surface area contributed by atoms with Crippen LogP contribution in [0.2, 0.25) is 0 Å². The molecule has 1 aliphatic rings. The van der Waals surface area contributed by atoms with Gasteiger partial charge in [0, 0.05) is 11.1 Å². The van der Waals surface area contributed by atoms with Crippen molar-refractivity contribution < 1.29 is 18.7 Å². The number of aryl methyl sites for hydroxylation is 1. The third-order valence-electron chi connectivity index (χ3n) is 6.56. The molecule has 4 aromatic carbocycles. The van der Waals surface area contributed by atoms with Gasteiger partial charge in [-0.1, -0.05) is 54.6 Å². The fraction of sp³-hybridized carbons (Fsp3) is 0.233. The SMILES string of the molecule is CCOC(=O)CC1CCc2cc(OCc3ccccc3F)c(-c3ccc4ccccc4c3)cc21. The quantitative estimate of drug-likeness (QED) is 0.277. The second-order valence-electron chi connectivity index (χ2n) is 8.73. The maximum atomic E-state index is 14.2. The Morgan fingerprint density at radius 1 is 0.971 bits per heavy atom. The van der Waals surface area contributed by atoms with Gasteiger partial charge in [-0.25, -0.2) is 4.39 Å². The van der Waals surface area contributed by atoms with Crippen molar-refractivity contribution in [1.29, 1.82) is 0 Å². The molecule has 0 saturated carbocycles. The van der Waals surface area contributed by atoms with Crippen molar-refractivity contribution in [1.82, 2.24) is 0 Å². The lowest BCUT2D eigenvalue weighted by atomic mass is 9.92. The first-order valence-electron chi connectivity index (χ1n) is 11.8. The van der Waals surface area contributed by atoms with E-state index in [2.05, 4.69) is 42.5 Å². The first-order chi connectivity index (χ1) is 16.6. The van der Waals surface area contributed by atoms with E-state index < -0.39 is 0 Å². The Labute approximate surface area is 199 Å². The van der Waals surface area contributed by atoms with Gasteiger partial charge in [0.1, 0.15) is 18.2 Å². The van der Waals surface area contributed by atoms with E-state index in [1.54, 1.807) is 12.1 Å². The lowest BCUT2D eigenvalue weighted by molar-refractivity contribution is -0.143. The standard InChI is InChI=1S/C30H27FO3/c1-2-33-30(32)17-24-14-13-23-16-29(34-19-25-9-5-6-10-28(25)31)27(18-26(23)24)22-12-11-20-7-3-4-8-21(20)15-22/h3-12,15-16,18,24H,2,13-14,17,19H2,1H3. The van der Waals surface area contributed by atoms with E-state index in [1.807, 2.05) is 25.1 Å². The first-order valence-corrected chi connectivity index (χ1v) is 11.8. The number of benzene rings is 4. The van der Waals surface area contributed by atoms with Gasteiger partial charge in [0.25, 0.3) is 0 Å². The van der Waals surface area contributed by atoms with E-state index in [9.17, 15) is 9.18 Å². The van der Waals surface area contributed by atoms with Gasteiger partial charge < -0.3 is 9.47 Å². The molecule has 0 aromatic heterocycles. The minimum absolute atomic E-state index is 0.133. The molecule has 1 unspecified atom stereocenters. The summed E-state index contributed by atoms with van der Waals surface area (Å²) in [4.78, 5) is 12.2. The number of fused-ring (bicyclic) bond motifs is 2. The largest absolute Gasteiger partial charge is 0.488 e. The molecule has 3 nitrogen and oxygen atoms in total. The number of hydrogen-bond donors (Lipinski definition) is 0. The van der Waals surface area contributed by atoms with E-state index in [0.29, 0.717) is 18.6 Å². The summed E-state index contributed by atoms with van der Waals surface area (Å²) in [6.45, 7) is 2.37. The predicted molar refractivity (Wildman–Crippen MR) is 132 cm³/mol. The summed E-state index contributed by atoms with van der Waals surface area (Å²) in [6, 6.07) is 25.5. The molecule has 0 aliphatic heterocycles. The van der Waals surface area contributed by atoms with Gasteiger partial charge in [-0.05, 0) is 77.4 Å². The molecule has 0 amide bonds. The Morgan fingerprint density at radius 2 is 1.76 bits per heavy atom. The average molecular weight is 455 g/mol. The number of ether oxygens (including phenoxy) is 2. The Balaban J connectivity index is 1.54. The minimum Gasteiger partial charge on any atom is -0.488 e. The third kappa shape index (κ3) is 4.54. The molecule has 0 heterocycles. The summed E-state index contributed by atoms with van der Waals surface area (Å²) in [5.41, 5.74) is 4.87. The molecule has 4 aromatic rings. The van der Waals surface area contributed by atoms with E-state index in [1.165, 1.54) is 22.6 Å². The number of carbonyl (C=O) groups is 1. The fourth-order valence-corrected chi connectivity index (χ4v) is 4.83.